The molecular weight excluding hydrogens is 547 g/mol. The highest BCUT2D eigenvalue weighted by Crippen LogP contribution is 2.26. The molecule has 0 saturated carbocycles. The number of halogens is 3. The van der Waals surface area contributed by atoms with Crippen LogP contribution in [0.15, 0.2) is 30.3 Å². The van der Waals surface area contributed by atoms with E-state index >= 15 is 0 Å². The molecule has 1 fully saturated rings. The van der Waals surface area contributed by atoms with Crippen LogP contribution >= 0.6 is 0 Å². The van der Waals surface area contributed by atoms with Crippen LogP contribution in [-0.4, -0.2) is 78.5 Å². The second kappa shape index (κ2) is 14.4. The number of alkyl halides is 3. The summed E-state index contributed by atoms with van der Waals surface area (Å²) >= 11 is 0. The van der Waals surface area contributed by atoms with Gasteiger partial charge in [0.25, 0.3) is 0 Å². The highest BCUT2D eigenvalue weighted by molar-refractivity contribution is 5.94. The number of amides is 2. The Labute approximate surface area is 239 Å². The van der Waals surface area contributed by atoms with Crippen molar-refractivity contribution in [3.8, 4) is 0 Å². The van der Waals surface area contributed by atoms with Crippen LogP contribution in [0.2, 0.25) is 0 Å². The molecule has 4 atom stereocenters. The Morgan fingerprint density at radius 1 is 0.951 bits per heavy atom. The lowest BCUT2D eigenvalue weighted by Gasteiger charge is -2.33. The Morgan fingerprint density at radius 3 is 2.02 bits per heavy atom. The number of hydrogen-bond acceptors (Lipinski definition) is 8. The van der Waals surface area contributed by atoms with Crippen LogP contribution in [0.25, 0.3) is 0 Å². The summed E-state index contributed by atoms with van der Waals surface area (Å²) in [5, 5.41) is 0. The fourth-order valence-corrected chi connectivity index (χ4v) is 4.19. The first-order valence-corrected chi connectivity index (χ1v) is 13.6. The molecule has 1 aliphatic rings. The normalized spacial score (nSPS) is 22.5. The van der Waals surface area contributed by atoms with Crippen molar-refractivity contribution < 1.29 is 51.2 Å². The molecule has 1 aromatic rings. The number of benzene rings is 1. The average Bonchev–Trinajstić information content (AvgIpc) is 2.84. The van der Waals surface area contributed by atoms with E-state index in [9.17, 15) is 27.6 Å². The topological polar surface area (TPSA) is 101 Å². The van der Waals surface area contributed by atoms with Gasteiger partial charge in [0, 0.05) is 18.9 Å². The Kier molecular flexibility index (Phi) is 12.0. The molecule has 2 amide bonds. The third-order valence-corrected chi connectivity index (χ3v) is 5.86. The minimum atomic E-state index is -4.33. The van der Waals surface area contributed by atoms with Crippen molar-refractivity contribution in [1.82, 2.24) is 4.90 Å². The lowest BCUT2D eigenvalue weighted by Crippen LogP contribution is -2.54. The van der Waals surface area contributed by atoms with Crippen molar-refractivity contribution in [1.29, 1.82) is 0 Å². The van der Waals surface area contributed by atoms with Crippen LogP contribution in [-0.2, 0) is 34.9 Å². The van der Waals surface area contributed by atoms with Gasteiger partial charge in [0.1, 0.15) is 17.3 Å². The summed E-state index contributed by atoms with van der Waals surface area (Å²) in [6.07, 6.45) is -9.22. The summed E-state index contributed by atoms with van der Waals surface area (Å²) in [5.74, 6) is -1.40. The second-order valence-corrected chi connectivity index (χ2v) is 12.0. The van der Waals surface area contributed by atoms with Gasteiger partial charge in [0.15, 0.2) is 6.04 Å². The third kappa shape index (κ3) is 12.3. The minimum absolute atomic E-state index is 0.00673. The van der Waals surface area contributed by atoms with Crippen LogP contribution < -0.4 is 0 Å². The van der Waals surface area contributed by atoms with Gasteiger partial charge in [0.05, 0.1) is 19.3 Å². The van der Waals surface area contributed by atoms with Crippen LogP contribution in [0.1, 0.15) is 66.9 Å². The smallest absolute Gasteiger partial charge is 0.420 e. The number of esters is 1. The Bertz CT molecular complexity index is 976. The zero-order valence-corrected chi connectivity index (χ0v) is 24.8. The van der Waals surface area contributed by atoms with E-state index in [1.54, 1.807) is 48.5 Å². The average molecular weight is 590 g/mol. The van der Waals surface area contributed by atoms with Crippen molar-refractivity contribution in [2.24, 2.45) is 5.92 Å². The van der Waals surface area contributed by atoms with E-state index in [0.717, 1.165) is 5.56 Å². The molecule has 2 rings (SSSR count). The van der Waals surface area contributed by atoms with Crippen molar-refractivity contribution in [2.45, 2.75) is 103 Å². The minimum Gasteiger partial charge on any atom is -0.458 e. The quantitative estimate of drug-likeness (QED) is 0.215. The predicted molar refractivity (Wildman–Crippen MR) is 143 cm³/mol. The number of carbonyl (C=O) groups excluding carboxylic acids is 3. The van der Waals surface area contributed by atoms with Gasteiger partial charge in [-0.05, 0) is 66.9 Å². The highest BCUT2D eigenvalue weighted by Gasteiger charge is 2.44. The molecule has 1 saturated heterocycles. The molecule has 0 bridgehead atoms. The van der Waals surface area contributed by atoms with E-state index in [0.29, 0.717) is 11.3 Å². The number of imide groups is 1. The zero-order valence-electron chi connectivity index (χ0n) is 24.8. The number of carbonyl (C=O) groups is 3. The van der Waals surface area contributed by atoms with Crippen molar-refractivity contribution in [2.75, 3.05) is 19.8 Å². The number of hydrogen-bond donors (Lipinski definition) is 0. The van der Waals surface area contributed by atoms with Gasteiger partial charge >= 0.3 is 24.3 Å². The lowest BCUT2D eigenvalue weighted by molar-refractivity contribution is -0.165. The monoisotopic (exact) mass is 589 g/mol. The maximum Gasteiger partial charge on any atom is 0.420 e. The highest BCUT2D eigenvalue weighted by atomic mass is 19.4. The molecule has 0 aliphatic carbocycles. The van der Waals surface area contributed by atoms with E-state index in [1.807, 2.05) is 30.3 Å². The first kappa shape index (κ1) is 34.3. The second-order valence-electron chi connectivity index (χ2n) is 12.0. The van der Waals surface area contributed by atoms with Gasteiger partial charge in [-0.25, -0.2) is 14.4 Å². The van der Waals surface area contributed by atoms with Gasteiger partial charge in [0.2, 0.25) is 0 Å². The van der Waals surface area contributed by atoms with Gasteiger partial charge in [-0.15, -0.1) is 0 Å². The van der Waals surface area contributed by atoms with Gasteiger partial charge in [-0.3, -0.25) is 0 Å². The molecule has 12 heteroatoms. The van der Waals surface area contributed by atoms with Crippen LogP contribution in [0.4, 0.5) is 22.8 Å². The van der Waals surface area contributed by atoms with E-state index in [-0.39, 0.29) is 19.6 Å². The van der Waals surface area contributed by atoms with Crippen molar-refractivity contribution in [3.63, 3.8) is 0 Å². The molecule has 1 heterocycles. The molecule has 41 heavy (non-hydrogen) atoms. The van der Waals surface area contributed by atoms with Crippen molar-refractivity contribution >= 4 is 18.2 Å². The molecule has 0 N–H and O–H groups in total. The number of rotatable bonds is 7. The first-order chi connectivity index (χ1) is 18.9. The molecule has 232 valence electrons. The molecule has 0 spiro atoms. The Balaban J connectivity index is 2.37. The number of cyclic esters (lactones) is 1. The zero-order chi connectivity index (χ0) is 31.0. The van der Waals surface area contributed by atoms with Gasteiger partial charge in [-0.1, -0.05) is 30.3 Å². The molecule has 9 nitrogen and oxygen atoms in total. The summed E-state index contributed by atoms with van der Waals surface area (Å²) in [6.45, 7) is 10.5. The lowest BCUT2D eigenvalue weighted by atomic mass is 9.91. The maximum absolute atomic E-state index is 13.4. The summed E-state index contributed by atoms with van der Waals surface area (Å²) in [4.78, 5) is 40.3. The standard InChI is InChI=1S/C29H42F3NO8/c1-19-23(38-15-11-14-29(30,31)32)21(16-20-12-9-8-10-13-20)17-37-18-22(24(34)39-19)33(25(35)40-27(2,3)4)26(36)41-28(5,6)7/h8-10,12-13,19,21-23H,11,14-18H2,1-7H3. The summed E-state index contributed by atoms with van der Waals surface area (Å²) < 4.78 is 66.4. The summed E-state index contributed by atoms with van der Waals surface area (Å²) in [7, 11) is 0. The molecule has 1 aromatic carbocycles. The summed E-state index contributed by atoms with van der Waals surface area (Å²) in [5.41, 5.74) is -1.07. The maximum atomic E-state index is 13.4. The van der Waals surface area contributed by atoms with Crippen molar-refractivity contribution in [3.05, 3.63) is 35.9 Å². The number of ether oxygens (including phenoxy) is 5. The van der Waals surface area contributed by atoms with Gasteiger partial charge < -0.3 is 23.7 Å². The fourth-order valence-electron chi connectivity index (χ4n) is 4.19. The fraction of sp³-hybridized carbons (Fsp3) is 0.690. The molecule has 0 radical (unpaired) electrons. The van der Waals surface area contributed by atoms with Crippen LogP contribution in [0.3, 0.4) is 0 Å². The van der Waals surface area contributed by atoms with E-state index in [2.05, 4.69) is 0 Å². The predicted octanol–water partition coefficient (Wildman–Crippen LogP) is 6.08. The number of nitrogens with zero attached hydrogens (tertiary/aromatic N) is 1. The largest absolute Gasteiger partial charge is 0.458 e. The van der Waals surface area contributed by atoms with E-state index < -0.39 is 72.7 Å². The third-order valence-electron chi connectivity index (χ3n) is 5.86. The Hall–Kier alpha value is -2.86. The molecule has 0 aromatic heterocycles. The molecular formula is C29H42F3NO8. The summed E-state index contributed by atoms with van der Waals surface area (Å²) in [6, 6.07) is 7.78. The Morgan fingerprint density at radius 2 is 1.51 bits per heavy atom. The van der Waals surface area contributed by atoms with Gasteiger partial charge in [-0.2, -0.15) is 18.1 Å². The van der Waals surface area contributed by atoms with E-state index in [4.69, 9.17) is 23.7 Å². The first-order valence-electron chi connectivity index (χ1n) is 13.6. The SMILES string of the molecule is CC1OC(=O)C(N(C(=O)OC(C)(C)C)C(=O)OC(C)(C)C)COCC(Cc2ccccc2)C1OCCCC(F)(F)F. The van der Waals surface area contributed by atoms with E-state index in [1.165, 1.54) is 0 Å². The van der Waals surface area contributed by atoms with Crippen LogP contribution in [0, 0.1) is 5.92 Å². The van der Waals surface area contributed by atoms with Crippen LogP contribution in [0.5, 0.6) is 0 Å². The molecule has 1 aliphatic heterocycles. The molecule has 4 unspecified atom stereocenters.